The van der Waals surface area contributed by atoms with Gasteiger partial charge in [0.2, 0.25) is 0 Å². The van der Waals surface area contributed by atoms with Gasteiger partial charge in [-0.1, -0.05) is 20.8 Å². The molecule has 2 aliphatic rings. The zero-order chi connectivity index (χ0) is 15.6. The highest BCUT2D eigenvalue weighted by Crippen LogP contribution is 2.38. The lowest BCUT2D eigenvalue weighted by Gasteiger charge is -2.51. The number of nitrogens with zero attached hydrogens (tertiary/aromatic N) is 2. The molecule has 21 heavy (non-hydrogen) atoms. The van der Waals surface area contributed by atoms with Crippen molar-refractivity contribution in [3.8, 4) is 0 Å². The minimum absolute atomic E-state index is 0.505. The summed E-state index contributed by atoms with van der Waals surface area (Å²) in [5, 5.41) is 3.84. The van der Waals surface area contributed by atoms with Gasteiger partial charge in [0.1, 0.15) is 0 Å². The van der Waals surface area contributed by atoms with Crippen LogP contribution in [0.5, 0.6) is 0 Å². The quantitative estimate of drug-likeness (QED) is 0.860. The van der Waals surface area contributed by atoms with Crippen LogP contribution >= 0.6 is 0 Å². The van der Waals surface area contributed by atoms with E-state index in [9.17, 15) is 0 Å². The van der Waals surface area contributed by atoms with E-state index in [1.165, 1.54) is 45.3 Å². The minimum atomic E-state index is 0.505. The van der Waals surface area contributed by atoms with Gasteiger partial charge in [0.25, 0.3) is 0 Å². The first kappa shape index (κ1) is 17.2. The Morgan fingerprint density at radius 3 is 2.33 bits per heavy atom. The van der Waals surface area contributed by atoms with Crippen molar-refractivity contribution in [3.63, 3.8) is 0 Å². The monoisotopic (exact) mass is 295 g/mol. The third-order valence-electron chi connectivity index (χ3n) is 5.87. The van der Waals surface area contributed by atoms with Crippen molar-refractivity contribution in [1.29, 1.82) is 0 Å². The Hall–Kier alpha value is -0.120. The molecule has 1 aliphatic heterocycles. The summed E-state index contributed by atoms with van der Waals surface area (Å²) in [5.74, 6) is 0. The van der Waals surface area contributed by atoms with E-state index in [4.69, 9.17) is 0 Å². The smallest absolute Gasteiger partial charge is 0.0255 e. The third kappa shape index (κ3) is 4.20. The van der Waals surface area contributed by atoms with Crippen LogP contribution in [0.2, 0.25) is 0 Å². The zero-order valence-electron chi connectivity index (χ0n) is 15.2. The molecule has 0 aromatic carbocycles. The van der Waals surface area contributed by atoms with Crippen molar-refractivity contribution in [1.82, 2.24) is 15.1 Å². The van der Waals surface area contributed by atoms with Crippen LogP contribution in [0.25, 0.3) is 0 Å². The SMILES string of the molecule is CCCNC1CCC(C)(C)CC1N1CC(C)N(C)C(C)C1. The Kier molecular flexibility index (Phi) is 5.72. The van der Waals surface area contributed by atoms with Gasteiger partial charge in [0.15, 0.2) is 0 Å². The third-order valence-corrected chi connectivity index (χ3v) is 5.87. The predicted octanol–water partition coefficient (Wildman–Crippen LogP) is 2.96. The van der Waals surface area contributed by atoms with Gasteiger partial charge in [0.05, 0.1) is 0 Å². The maximum Gasteiger partial charge on any atom is 0.0255 e. The lowest BCUT2D eigenvalue weighted by atomic mass is 9.72. The van der Waals surface area contributed by atoms with E-state index in [-0.39, 0.29) is 0 Å². The van der Waals surface area contributed by atoms with Crippen molar-refractivity contribution in [3.05, 3.63) is 0 Å². The van der Waals surface area contributed by atoms with Crippen molar-refractivity contribution in [2.45, 2.75) is 84.5 Å². The number of hydrogen-bond donors (Lipinski definition) is 1. The molecule has 1 saturated heterocycles. The summed E-state index contributed by atoms with van der Waals surface area (Å²) < 4.78 is 0. The normalized spacial score (nSPS) is 38.6. The molecule has 4 atom stereocenters. The molecule has 2 rings (SSSR count). The van der Waals surface area contributed by atoms with Crippen LogP contribution < -0.4 is 5.32 Å². The van der Waals surface area contributed by atoms with Crippen LogP contribution in [0.1, 0.15) is 60.3 Å². The van der Waals surface area contributed by atoms with Crippen molar-refractivity contribution < 1.29 is 0 Å². The molecule has 2 fully saturated rings. The van der Waals surface area contributed by atoms with Crippen LogP contribution in [0.15, 0.2) is 0 Å². The number of nitrogens with one attached hydrogen (secondary N) is 1. The fourth-order valence-electron chi connectivity index (χ4n) is 4.22. The van der Waals surface area contributed by atoms with Gasteiger partial charge >= 0.3 is 0 Å². The van der Waals surface area contributed by atoms with Crippen LogP contribution in [0.4, 0.5) is 0 Å². The molecule has 4 unspecified atom stereocenters. The van der Waals surface area contributed by atoms with E-state index in [0.717, 1.165) is 6.04 Å². The van der Waals surface area contributed by atoms with Crippen LogP contribution in [-0.4, -0.2) is 60.6 Å². The molecule has 0 amide bonds. The van der Waals surface area contributed by atoms with Crippen LogP contribution in [-0.2, 0) is 0 Å². The second-order valence-electron chi connectivity index (χ2n) is 8.35. The highest BCUT2D eigenvalue weighted by molar-refractivity contribution is 4.97. The van der Waals surface area contributed by atoms with E-state index >= 15 is 0 Å². The maximum absolute atomic E-state index is 3.84. The predicted molar refractivity (Wildman–Crippen MR) is 91.8 cm³/mol. The second kappa shape index (κ2) is 6.97. The first-order chi connectivity index (χ1) is 9.84. The minimum Gasteiger partial charge on any atom is -0.312 e. The molecule has 1 saturated carbocycles. The molecular formula is C18H37N3. The largest absolute Gasteiger partial charge is 0.312 e. The fraction of sp³-hybridized carbons (Fsp3) is 1.00. The summed E-state index contributed by atoms with van der Waals surface area (Å²) in [6.07, 6.45) is 5.29. The number of hydrogen-bond acceptors (Lipinski definition) is 3. The van der Waals surface area contributed by atoms with Crippen LogP contribution in [0.3, 0.4) is 0 Å². The molecule has 0 aromatic rings. The lowest BCUT2D eigenvalue weighted by molar-refractivity contribution is -0.00766. The standard InChI is InChI=1S/C18H37N3/c1-7-10-19-16-8-9-18(4,5)11-17(16)21-12-14(2)20(6)15(3)13-21/h14-17,19H,7-13H2,1-6H3. The Bertz CT molecular complexity index is 316. The van der Waals surface area contributed by atoms with Gasteiger partial charge in [-0.2, -0.15) is 0 Å². The second-order valence-corrected chi connectivity index (χ2v) is 8.35. The van der Waals surface area contributed by atoms with E-state index < -0.39 is 0 Å². The maximum atomic E-state index is 3.84. The van der Waals surface area contributed by atoms with Crippen molar-refractivity contribution in [2.75, 3.05) is 26.7 Å². The fourth-order valence-corrected chi connectivity index (χ4v) is 4.22. The molecule has 0 bridgehead atoms. The van der Waals surface area contributed by atoms with Gasteiger partial charge in [-0.05, 0) is 58.5 Å². The molecule has 3 nitrogen and oxygen atoms in total. The molecular weight excluding hydrogens is 258 g/mol. The molecule has 1 heterocycles. The number of rotatable bonds is 4. The van der Waals surface area contributed by atoms with E-state index in [1.54, 1.807) is 0 Å². The molecule has 0 spiro atoms. The Labute approximate surface area is 132 Å². The van der Waals surface area contributed by atoms with Crippen molar-refractivity contribution in [2.24, 2.45) is 5.41 Å². The summed E-state index contributed by atoms with van der Waals surface area (Å²) >= 11 is 0. The highest BCUT2D eigenvalue weighted by atomic mass is 15.3. The summed E-state index contributed by atoms with van der Waals surface area (Å²) in [5.41, 5.74) is 0.505. The zero-order valence-corrected chi connectivity index (χ0v) is 15.2. The highest BCUT2D eigenvalue weighted by Gasteiger charge is 2.40. The first-order valence-corrected chi connectivity index (χ1v) is 9.03. The summed E-state index contributed by atoms with van der Waals surface area (Å²) in [7, 11) is 2.28. The number of likely N-dealkylation sites (N-methyl/N-ethyl adjacent to an activating group) is 1. The summed E-state index contributed by atoms with van der Waals surface area (Å²) in [4.78, 5) is 5.34. The van der Waals surface area contributed by atoms with Gasteiger partial charge < -0.3 is 5.32 Å². The average Bonchev–Trinajstić information content (AvgIpc) is 2.42. The van der Waals surface area contributed by atoms with E-state index in [2.05, 4.69) is 56.8 Å². The molecule has 1 aliphatic carbocycles. The van der Waals surface area contributed by atoms with Gasteiger partial charge in [-0.25, -0.2) is 0 Å². The molecule has 3 heteroatoms. The van der Waals surface area contributed by atoms with Gasteiger partial charge in [-0.15, -0.1) is 0 Å². The topological polar surface area (TPSA) is 18.5 Å². The Morgan fingerprint density at radius 2 is 1.76 bits per heavy atom. The van der Waals surface area contributed by atoms with Crippen molar-refractivity contribution >= 4 is 0 Å². The summed E-state index contributed by atoms with van der Waals surface area (Å²) in [6, 6.07) is 2.76. The van der Waals surface area contributed by atoms with E-state index in [0.29, 0.717) is 23.5 Å². The van der Waals surface area contributed by atoms with Gasteiger partial charge in [-0.3, -0.25) is 9.80 Å². The molecule has 1 N–H and O–H groups in total. The molecule has 124 valence electrons. The van der Waals surface area contributed by atoms with Gasteiger partial charge in [0, 0.05) is 37.3 Å². The molecule has 0 radical (unpaired) electrons. The first-order valence-electron chi connectivity index (χ1n) is 9.03. The number of piperazine rings is 1. The van der Waals surface area contributed by atoms with Crippen LogP contribution in [0, 0.1) is 5.41 Å². The molecule has 0 aromatic heterocycles. The summed E-state index contributed by atoms with van der Waals surface area (Å²) in [6.45, 7) is 15.6. The lowest BCUT2D eigenvalue weighted by Crippen LogP contribution is -2.63. The average molecular weight is 296 g/mol. The van der Waals surface area contributed by atoms with E-state index in [1.807, 2.05) is 0 Å². The Balaban J connectivity index is 2.07. The Morgan fingerprint density at radius 1 is 1.14 bits per heavy atom.